The van der Waals surface area contributed by atoms with Crippen LogP contribution in [0.2, 0.25) is 0 Å². The average molecular weight is 143 g/mol. The van der Waals surface area contributed by atoms with Gasteiger partial charge in [-0.15, -0.1) is 0 Å². The number of carbonyl (C=O) groups excluding carboxylic acids is 1. The minimum absolute atomic E-state index is 0.153. The molecule has 4 nitrogen and oxygen atoms in total. The summed E-state index contributed by atoms with van der Waals surface area (Å²) in [6, 6.07) is -0.153. The quantitative estimate of drug-likeness (QED) is 0.286. The van der Waals surface area contributed by atoms with Gasteiger partial charge in [-0.05, 0) is 19.3 Å². The van der Waals surface area contributed by atoms with Gasteiger partial charge in [-0.2, -0.15) is 0 Å². The summed E-state index contributed by atoms with van der Waals surface area (Å²) in [4.78, 5) is 12.6. The molecule has 58 valence electrons. The third kappa shape index (κ3) is 1.60. The molecule has 0 bridgehead atoms. The number of likely N-dealkylation sites (tertiary alicyclic amines) is 1. The molecule has 0 atom stereocenters. The zero-order valence-corrected chi connectivity index (χ0v) is 5.97. The van der Waals surface area contributed by atoms with Crippen LogP contribution in [0, 0.1) is 0 Å². The SMILES string of the molecule is NNC(=O)N1CCCCC1. The molecule has 0 aromatic rings. The van der Waals surface area contributed by atoms with Crippen LogP contribution in [0.3, 0.4) is 0 Å². The summed E-state index contributed by atoms with van der Waals surface area (Å²) in [5.74, 6) is 4.96. The Hall–Kier alpha value is -0.770. The highest BCUT2D eigenvalue weighted by atomic mass is 16.2. The number of rotatable bonds is 0. The molecule has 10 heavy (non-hydrogen) atoms. The van der Waals surface area contributed by atoms with Crippen LogP contribution < -0.4 is 11.3 Å². The Labute approximate surface area is 60.3 Å². The smallest absolute Gasteiger partial charge is 0.324 e. The van der Waals surface area contributed by atoms with Crippen molar-refractivity contribution in [2.75, 3.05) is 13.1 Å². The molecule has 1 aliphatic rings. The molecule has 4 heteroatoms. The van der Waals surface area contributed by atoms with Crippen LogP contribution in [0.5, 0.6) is 0 Å². The van der Waals surface area contributed by atoms with Crippen molar-refractivity contribution in [2.45, 2.75) is 19.3 Å². The number of amides is 2. The number of hydrogen-bond donors (Lipinski definition) is 2. The summed E-state index contributed by atoms with van der Waals surface area (Å²) in [7, 11) is 0. The van der Waals surface area contributed by atoms with Crippen LogP contribution in [0.15, 0.2) is 0 Å². The van der Waals surface area contributed by atoms with Crippen LogP contribution in [0.4, 0.5) is 4.79 Å². The summed E-state index contributed by atoms with van der Waals surface area (Å²) in [5.41, 5.74) is 2.12. The van der Waals surface area contributed by atoms with Crippen LogP contribution >= 0.6 is 0 Å². The summed E-state index contributed by atoms with van der Waals surface area (Å²) in [6.07, 6.45) is 3.44. The van der Waals surface area contributed by atoms with Gasteiger partial charge in [0.05, 0.1) is 0 Å². The van der Waals surface area contributed by atoms with Gasteiger partial charge in [0, 0.05) is 13.1 Å². The molecule has 1 aliphatic heterocycles. The number of nitrogens with two attached hydrogens (primary N) is 1. The lowest BCUT2D eigenvalue weighted by Gasteiger charge is -2.25. The van der Waals surface area contributed by atoms with E-state index in [9.17, 15) is 4.79 Å². The molecule has 0 aromatic heterocycles. The first-order valence-electron chi connectivity index (χ1n) is 3.60. The number of piperidine rings is 1. The lowest BCUT2D eigenvalue weighted by Crippen LogP contribution is -2.45. The predicted octanol–water partition coefficient (Wildman–Crippen LogP) is 0.0556. The number of urea groups is 1. The molecule has 1 rings (SSSR count). The molecule has 0 saturated carbocycles. The van der Waals surface area contributed by atoms with Gasteiger partial charge in [0.15, 0.2) is 0 Å². The second-order valence-electron chi connectivity index (χ2n) is 2.50. The lowest BCUT2D eigenvalue weighted by molar-refractivity contribution is 0.186. The van der Waals surface area contributed by atoms with E-state index in [0.29, 0.717) is 0 Å². The van der Waals surface area contributed by atoms with Crippen molar-refractivity contribution in [3.63, 3.8) is 0 Å². The predicted molar refractivity (Wildman–Crippen MR) is 38.1 cm³/mol. The Morgan fingerprint density at radius 2 is 1.90 bits per heavy atom. The van der Waals surface area contributed by atoms with Crippen LogP contribution in [-0.4, -0.2) is 24.0 Å². The van der Waals surface area contributed by atoms with Gasteiger partial charge in [-0.1, -0.05) is 0 Å². The van der Waals surface area contributed by atoms with Gasteiger partial charge in [0.25, 0.3) is 0 Å². The number of nitrogens with one attached hydrogen (secondary N) is 1. The first-order chi connectivity index (χ1) is 4.84. The van der Waals surface area contributed by atoms with E-state index in [0.717, 1.165) is 25.9 Å². The molecular formula is C6H13N3O. The Morgan fingerprint density at radius 3 is 2.40 bits per heavy atom. The Balaban J connectivity index is 2.31. The van der Waals surface area contributed by atoms with Gasteiger partial charge in [0.1, 0.15) is 0 Å². The first-order valence-corrected chi connectivity index (χ1v) is 3.60. The van der Waals surface area contributed by atoms with Gasteiger partial charge < -0.3 is 4.90 Å². The second-order valence-corrected chi connectivity index (χ2v) is 2.50. The molecule has 0 radical (unpaired) electrons. The van der Waals surface area contributed by atoms with E-state index in [1.807, 2.05) is 0 Å². The first kappa shape index (κ1) is 7.34. The second kappa shape index (κ2) is 3.41. The maximum absolute atomic E-state index is 10.9. The van der Waals surface area contributed by atoms with Crippen LogP contribution in [0.25, 0.3) is 0 Å². The van der Waals surface area contributed by atoms with Crippen molar-refractivity contribution in [3.8, 4) is 0 Å². The fourth-order valence-corrected chi connectivity index (χ4v) is 1.19. The zero-order chi connectivity index (χ0) is 7.40. The molecule has 0 aromatic carbocycles. The molecule has 2 amide bonds. The number of carbonyl (C=O) groups is 1. The average Bonchev–Trinajstić information content (AvgIpc) is 2.05. The molecule has 0 spiro atoms. The van der Waals surface area contributed by atoms with Gasteiger partial charge in [0.2, 0.25) is 0 Å². The van der Waals surface area contributed by atoms with E-state index in [1.165, 1.54) is 6.42 Å². The minimum Gasteiger partial charge on any atom is -0.324 e. The van der Waals surface area contributed by atoms with E-state index in [1.54, 1.807) is 4.90 Å². The van der Waals surface area contributed by atoms with Gasteiger partial charge >= 0.3 is 6.03 Å². The fourth-order valence-electron chi connectivity index (χ4n) is 1.19. The van der Waals surface area contributed by atoms with E-state index in [2.05, 4.69) is 5.43 Å². The summed E-state index contributed by atoms with van der Waals surface area (Å²) < 4.78 is 0. The largest absolute Gasteiger partial charge is 0.331 e. The Bertz CT molecular complexity index is 120. The normalized spacial score (nSPS) is 18.7. The van der Waals surface area contributed by atoms with Crippen molar-refractivity contribution >= 4 is 6.03 Å². The van der Waals surface area contributed by atoms with Crippen molar-refractivity contribution in [2.24, 2.45) is 5.84 Å². The molecule has 1 saturated heterocycles. The van der Waals surface area contributed by atoms with Crippen molar-refractivity contribution in [3.05, 3.63) is 0 Å². The lowest BCUT2D eigenvalue weighted by atomic mass is 10.1. The molecule has 0 aliphatic carbocycles. The highest BCUT2D eigenvalue weighted by Crippen LogP contribution is 2.07. The van der Waals surface area contributed by atoms with Crippen molar-refractivity contribution in [1.29, 1.82) is 0 Å². The highest BCUT2D eigenvalue weighted by molar-refractivity contribution is 5.73. The molecule has 0 unspecified atom stereocenters. The van der Waals surface area contributed by atoms with E-state index < -0.39 is 0 Å². The third-order valence-corrected chi connectivity index (χ3v) is 1.77. The van der Waals surface area contributed by atoms with Crippen LogP contribution in [0.1, 0.15) is 19.3 Å². The van der Waals surface area contributed by atoms with E-state index >= 15 is 0 Å². The fraction of sp³-hybridized carbons (Fsp3) is 0.833. The summed E-state index contributed by atoms with van der Waals surface area (Å²) >= 11 is 0. The molecular weight excluding hydrogens is 130 g/mol. The van der Waals surface area contributed by atoms with E-state index in [4.69, 9.17) is 5.84 Å². The zero-order valence-electron chi connectivity index (χ0n) is 5.97. The minimum atomic E-state index is -0.153. The number of hydrogen-bond acceptors (Lipinski definition) is 2. The Morgan fingerprint density at radius 1 is 1.30 bits per heavy atom. The Kier molecular flexibility index (Phi) is 2.50. The third-order valence-electron chi connectivity index (χ3n) is 1.77. The van der Waals surface area contributed by atoms with Gasteiger partial charge in [-0.3, -0.25) is 5.43 Å². The van der Waals surface area contributed by atoms with Crippen molar-refractivity contribution in [1.82, 2.24) is 10.3 Å². The summed E-state index contributed by atoms with van der Waals surface area (Å²) in [6.45, 7) is 1.70. The highest BCUT2D eigenvalue weighted by Gasteiger charge is 2.14. The maximum Gasteiger partial charge on any atom is 0.331 e. The molecule has 1 fully saturated rings. The van der Waals surface area contributed by atoms with Crippen LogP contribution in [-0.2, 0) is 0 Å². The van der Waals surface area contributed by atoms with Crippen molar-refractivity contribution < 1.29 is 4.79 Å². The standard InChI is InChI=1S/C6H13N3O/c7-8-6(10)9-4-2-1-3-5-9/h1-5,7H2,(H,8,10). The topological polar surface area (TPSA) is 58.4 Å². The van der Waals surface area contributed by atoms with E-state index in [-0.39, 0.29) is 6.03 Å². The molecule has 3 N–H and O–H groups in total. The van der Waals surface area contributed by atoms with Gasteiger partial charge in [-0.25, -0.2) is 10.6 Å². The molecule has 1 heterocycles. The number of nitrogens with zero attached hydrogens (tertiary/aromatic N) is 1. The monoisotopic (exact) mass is 143 g/mol. The number of hydrazine groups is 1. The maximum atomic E-state index is 10.9. The summed E-state index contributed by atoms with van der Waals surface area (Å²) in [5, 5.41) is 0.